The number of fused-ring (bicyclic) bond motifs is 1. The molecule has 0 aliphatic heterocycles. The van der Waals surface area contributed by atoms with Gasteiger partial charge in [0.05, 0.1) is 21.7 Å². The zero-order valence-corrected chi connectivity index (χ0v) is 15.3. The summed E-state index contributed by atoms with van der Waals surface area (Å²) < 4.78 is 6.25. The van der Waals surface area contributed by atoms with Crippen LogP contribution in [0.15, 0.2) is 30.3 Å². The number of aromatic nitrogens is 1. The number of anilines is 1. The number of ether oxygens (including phenoxy) is 1. The lowest BCUT2D eigenvalue weighted by Crippen LogP contribution is -2.12. The second-order valence-corrected chi connectivity index (χ2v) is 6.72. The maximum atomic E-state index is 12.5. The van der Waals surface area contributed by atoms with Crippen LogP contribution in [0.1, 0.15) is 28.4 Å². The van der Waals surface area contributed by atoms with E-state index in [0.29, 0.717) is 11.7 Å². The number of rotatable bonds is 5. The monoisotopic (exact) mass is 371 g/mol. The third-order valence-corrected chi connectivity index (χ3v) is 4.99. The number of hydrogen-bond acceptors (Lipinski definition) is 6. The Morgan fingerprint density at radius 3 is 2.65 bits per heavy atom. The predicted octanol–water partition coefficient (Wildman–Crippen LogP) is 4.47. The number of thiazole rings is 1. The predicted molar refractivity (Wildman–Crippen MR) is 101 cm³/mol. The van der Waals surface area contributed by atoms with E-state index < -0.39 is 10.8 Å². The maximum Gasteiger partial charge on any atom is 0.311 e. The van der Waals surface area contributed by atoms with E-state index in [0.717, 1.165) is 21.3 Å². The van der Waals surface area contributed by atoms with Gasteiger partial charge in [-0.25, -0.2) is 4.98 Å². The Labute approximate surface area is 153 Å². The molecule has 7 nitrogen and oxygen atoms in total. The molecular formula is C18H17N3O4S. The number of aryl methyl sites for hydroxylation is 2. The Bertz CT molecular complexity index is 974. The summed E-state index contributed by atoms with van der Waals surface area (Å²) in [5.41, 5.74) is 2.89. The second-order valence-electron chi connectivity index (χ2n) is 5.72. The lowest BCUT2D eigenvalue weighted by Gasteiger charge is -2.06. The van der Waals surface area contributed by atoms with Crippen LogP contribution in [-0.2, 0) is 0 Å². The third-order valence-electron chi connectivity index (χ3n) is 3.88. The van der Waals surface area contributed by atoms with Gasteiger partial charge in [-0.3, -0.25) is 20.2 Å². The van der Waals surface area contributed by atoms with E-state index in [2.05, 4.69) is 10.3 Å². The molecule has 0 saturated heterocycles. The van der Waals surface area contributed by atoms with E-state index in [1.165, 1.54) is 29.5 Å². The number of benzene rings is 2. The van der Waals surface area contributed by atoms with Gasteiger partial charge in [-0.1, -0.05) is 23.5 Å². The molecule has 1 aromatic heterocycles. The smallest absolute Gasteiger partial charge is 0.311 e. The quantitative estimate of drug-likeness (QED) is 0.527. The fraction of sp³-hybridized carbons (Fsp3) is 0.222. The number of nitro groups is 1. The number of nitrogens with one attached hydrogen (secondary N) is 1. The first-order chi connectivity index (χ1) is 12.4. The van der Waals surface area contributed by atoms with Crippen molar-refractivity contribution in [3.05, 3.63) is 57.1 Å². The maximum absolute atomic E-state index is 12.5. The molecule has 26 heavy (non-hydrogen) atoms. The van der Waals surface area contributed by atoms with Gasteiger partial charge >= 0.3 is 5.69 Å². The molecule has 2 aromatic carbocycles. The number of nitrogens with zero attached hydrogens (tertiary/aromatic N) is 2. The van der Waals surface area contributed by atoms with Gasteiger partial charge in [-0.05, 0) is 44.0 Å². The van der Waals surface area contributed by atoms with Crippen LogP contribution in [0.5, 0.6) is 5.75 Å². The van der Waals surface area contributed by atoms with Crippen LogP contribution in [-0.4, -0.2) is 22.4 Å². The standard InChI is InChI=1S/C18H17N3O4S/c1-4-25-14-8-7-12(9-13(14)21(23)24)17(22)20-18-19-15-10(2)5-6-11(3)16(15)26-18/h5-9H,4H2,1-3H3,(H,19,20,22). The SMILES string of the molecule is CCOc1ccc(C(=O)Nc2nc3c(C)ccc(C)c3s2)cc1[N+](=O)[O-]. The number of nitro benzene ring substituents is 1. The molecule has 1 N–H and O–H groups in total. The van der Waals surface area contributed by atoms with E-state index in [1.54, 1.807) is 6.92 Å². The van der Waals surface area contributed by atoms with Gasteiger partial charge in [-0.2, -0.15) is 0 Å². The Morgan fingerprint density at radius 2 is 2.00 bits per heavy atom. The Balaban J connectivity index is 1.91. The molecule has 0 aliphatic rings. The summed E-state index contributed by atoms with van der Waals surface area (Å²) in [7, 11) is 0. The molecule has 0 radical (unpaired) electrons. The summed E-state index contributed by atoms with van der Waals surface area (Å²) in [6.45, 7) is 5.99. The van der Waals surface area contributed by atoms with Crippen molar-refractivity contribution in [1.82, 2.24) is 4.98 Å². The number of hydrogen-bond donors (Lipinski definition) is 1. The fourth-order valence-electron chi connectivity index (χ4n) is 2.56. The summed E-state index contributed by atoms with van der Waals surface area (Å²) >= 11 is 1.38. The van der Waals surface area contributed by atoms with E-state index in [9.17, 15) is 14.9 Å². The fourth-order valence-corrected chi connectivity index (χ4v) is 3.57. The molecule has 1 heterocycles. The molecule has 3 rings (SSSR count). The molecule has 0 spiro atoms. The first-order valence-electron chi connectivity index (χ1n) is 8.00. The molecule has 0 unspecified atom stereocenters. The third kappa shape index (κ3) is 3.36. The van der Waals surface area contributed by atoms with E-state index >= 15 is 0 Å². The van der Waals surface area contributed by atoms with Crippen molar-refractivity contribution in [3.8, 4) is 5.75 Å². The van der Waals surface area contributed by atoms with Gasteiger partial charge in [0.15, 0.2) is 10.9 Å². The van der Waals surface area contributed by atoms with Crippen LogP contribution >= 0.6 is 11.3 Å². The summed E-state index contributed by atoms with van der Waals surface area (Å²) in [6, 6.07) is 8.14. The van der Waals surface area contributed by atoms with Crippen molar-refractivity contribution >= 4 is 38.3 Å². The average Bonchev–Trinajstić information content (AvgIpc) is 3.03. The van der Waals surface area contributed by atoms with Crippen LogP contribution < -0.4 is 10.1 Å². The summed E-state index contributed by atoms with van der Waals surface area (Å²) in [5.74, 6) is -0.314. The van der Waals surface area contributed by atoms with Gasteiger partial charge in [0.1, 0.15) is 0 Å². The van der Waals surface area contributed by atoms with E-state index in [1.807, 2.05) is 26.0 Å². The van der Waals surface area contributed by atoms with Crippen molar-refractivity contribution in [2.45, 2.75) is 20.8 Å². The number of carbonyl (C=O) groups excluding carboxylic acids is 1. The molecule has 1 amide bonds. The zero-order chi connectivity index (χ0) is 18.8. The molecule has 3 aromatic rings. The first kappa shape index (κ1) is 17.8. The van der Waals surface area contributed by atoms with Gasteiger partial charge < -0.3 is 4.74 Å². The largest absolute Gasteiger partial charge is 0.487 e. The van der Waals surface area contributed by atoms with Crippen molar-refractivity contribution in [2.24, 2.45) is 0 Å². The van der Waals surface area contributed by atoms with Gasteiger partial charge in [0.25, 0.3) is 5.91 Å². The topological polar surface area (TPSA) is 94.4 Å². The van der Waals surface area contributed by atoms with Gasteiger partial charge in [0, 0.05) is 11.6 Å². The summed E-state index contributed by atoms with van der Waals surface area (Å²) in [6.07, 6.45) is 0. The van der Waals surface area contributed by atoms with E-state index in [4.69, 9.17) is 4.74 Å². The molecule has 0 bridgehead atoms. The first-order valence-corrected chi connectivity index (χ1v) is 8.81. The Hall–Kier alpha value is -3.00. The number of carbonyl (C=O) groups is 1. The molecule has 0 fully saturated rings. The highest BCUT2D eigenvalue weighted by Gasteiger charge is 2.19. The van der Waals surface area contributed by atoms with Crippen LogP contribution in [0, 0.1) is 24.0 Å². The molecule has 8 heteroatoms. The van der Waals surface area contributed by atoms with Crippen LogP contribution in [0.3, 0.4) is 0 Å². The highest BCUT2D eigenvalue weighted by atomic mass is 32.1. The second kappa shape index (κ2) is 7.09. The van der Waals surface area contributed by atoms with Crippen LogP contribution in [0.25, 0.3) is 10.2 Å². The minimum atomic E-state index is -0.563. The highest BCUT2D eigenvalue weighted by molar-refractivity contribution is 7.22. The lowest BCUT2D eigenvalue weighted by atomic mass is 10.1. The van der Waals surface area contributed by atoms with Crippen LogP contribution in [0.4, 0.5) is 10.8 Å². The van der Waals surface area contributed by atoms with Crippen molar-refractivity contribution in [3.63, 3.8) is 0 Å². The van der Waals surface area contributed by atoms with Crippen LogP contribution in [0.2, 0.25) is 0 Å². The molecule has 0 aliphatic carbocycles. The Morgan fingerprint density at radius 1 is 1.27 bits per heavy atom. The minimum absolute atomic E-state index is 0.139. The normalized spacial score (nSPS) is 10.7. The lowest BCUT2D eigenvalue weighted by molar-refractivity contribution is -0.385. The van der Waals surface area contributed by atoms with Gasteiger partial charge in [-0.15, -0.1) is 0 Å². The Kier molecular flexibility index (Phi) is 4.85. The van der Waals surface area contributed by atoms with Gasteiger partial charge in [0.2, 0.25) is 0 Å². The molecule has 134 valence electrons. The molecular weight excluding hydrogens is 354 g/mol. The van der Waals surface area contributed by atoms with Crippen molar-refractivity contribution in [1.29, 1.82) is 0 Å². The van der Waals surface area contributed by atoms with Crippen molar-refractivity contribution in [2.75, 3.05) is 11.9 Å². The summed E-state index contributed by atoms with van der Waals surface area (Å²) in [4.78, 5) is 27.6. The zero-order valence-electron chi connectivity index (χ0n) is 14.5. The van der Waals surface area contributed by atoms with Crippen molar-refractivity contribution < 1.29 is 14.5 Å². The molecule has 0 atom stereocenters. The highest BCUT2D eigenvalue weighted by Crippen LogP contribution is 2.32. The number of amides is 1. The minimum Gasteiger partial charge on any atom is -0.487 e. The average molecular weight is 371 g/mol. The molecule has 0 saturated carbocycles. The van der Waals surface area contributed by atoms with E-state index in [-0.39, 0.29) is 17.0 Å². The summed E-state index contributed by atoms with van der Waals surface area (Å²) in [5, 5.41) is 14.4.